The molecule has 3 aromatic heterocycles. The topological polar surface area (TPSA) is 34.0 Å². The highest BCUT2D eigenvalue weighted by molar-refractivity contribution is 7.25. The van der Waals surface area contributed by atoms with Crippen LogP contribution in [0.15, 0.2) is 182 Å². The van der Waals surface area contributed by atoms with Crippen molar-refractivity contribution in [3.05, 3.63) is 204 Å². The van der Waals surface area contributed by atoms with Gasteiger partial charge in [-0.15, -0.1) is 11.3 Å². The summed E-state index contributed by atoms with van der Waals surface area (Å²) in [6.07, 6.45) is 0. The average molecular weight is 839 g/mol. The van der Waals surface area contributed by atoms with Crippen LogP contribution in [0, 0.1) is 13.8 Å². The van der Waals surface area contributed by atoms with Gasteiger partial charge in [0.1, 0.15) is 4.83 Å². The number of anilines is 3. The van der Waals surface area contributed by atoms with Crippen molar-refractivity contribution in [1.29, 1.82) is 0 Å². The van der Waals surface area contributed by atoms with Gasteiger partial charge in [0.2, 0.25) is 0 Å². The molecular formula is C59H42N4S. The Morgan fingerprint density at radius 3 is 2.02 bits per heavy atom. The van der Waals surface area contributed by atoms with Crippen LogP contribution in [-0.4, -0.2) is 14.5 Å². The number of rotatable bonds is 4. The summed E-state index contributed by atoms with van der Waals surface area (Å²) in [5.41, 5.74) is 14.1. The molecule has 0 unspecified atom stereocenters. The molecule has 9 aromatic carbocycles. The Morgan fingerprint density at radius 1 is 0.531 bits per heavy atom. The van der Waals surface area contributed by atoms with Crippen molar-refractivity contribution < 1.29 is 0 Å². The minimum Gasteiger partial charge on any atom is -0.310 e. The lowest BCUT2D eigenvalue weighted by molar-refractivity contribution is 0.632. The maximum atomic E-state index is 5.79. The summed E-state index contributed by atoms with van der Waals surface area (Å²) >= 11 is 1.74. The van der Waals surface area contributed by atoms with Crippen molar-refractivity contribution in [2.75, 3.05) is 4.90 Å². The molecule has 64 heavy (non-hydrogen) atoms. The molecule has 304 valence electrons. The second-order valence-electron chi connectivity index (χ2n) is 17.8. The lowest BCUT2D eigenvalue weighted by Crippen LogP contribution is -2.30. The molecular weight excluding hydrogens is 797 g/mol. The van der Waals surface area contributed by atoms with E-state index in [1.54, 1.807) is 11.3 Å². The molecule has 4 heterocycles. The molecule has 0 saturated heterocycles. The lowest BCUT2D eigenvalue weighted by atomic mass is 9.73. The van der Waals surface area contributed by atoms with E-state index in [0.29, 0.717) is 5.82 Å². The summed E-state index contributed by atoms with van der Waals surface area (Å²) in [7, 11) is 0. The number of para-hydroxylation sites is 3. The van der Waals surface area contributed by atoms with Gasteiger partial charge in [0.05, 0.1) is 27.8 Å². The largest absolute Gasteiger partial charge is 0.310 e. The smallest absolute Gasteiger partial charge is 0.163 e. The Bertz CT molecular complexity index is 3910. The number of thiophene rings is 1. The van der Waals surface area contributed by atoms with Crippen LogP contribution < -0.4 is 4.90 Å². The number of aromatic nitrogens is 3. The molecule has 0 spiro atoms. The maximum Gasteiger partial charge on any atom is 0.163 e. The first-order chi connectivity index (χ1) is 31.3. The summed E-state index contributed by atoms with van der Waals surface area (Å²) in [6, 6.07) is 66.4. The number of hydrogen-bond acceptors (Lipinski definition) is 4. The molecule has 0 radical (unpaired) electrons. The van der Waals surface area contributed by atoms with Gasteiger partial charge in [-0.2, -0.15) is 0 Å². The normalized spacial score (nSPS) is 13.4. The molecule has 0 aliphatic carbocycles. The van der Waals surface area contributed by atoms with E-state index in [9.17, 15) is 0 Å². The van der Waals surface area contributed by atoms with E-state index < -0.39 is 0 Å². The minimum absolute atomic E-state index is 0.221. The minimum atomic E-state index is -0.221. The molecule has 0 bridgehead atoms. The quantitative estimate of drug-likeness (QED) is 0.177. The van der Waals surface area contributed by atoms with E-state index in [-0.39, 0.29) is 5.41 Å². The molecule has 1 aliphatic rings. The third-order valence-corrected chi connectivity index (χ3v) is 14.9. The lowest BCUT2D eigenvalue weighted by Gasteiger charge is -2.42. The Balaban J connectivity index is 1.14. The highest BCUT2D eigenvalue weighted by Gasteiger charge is 2.37. The number of aryl methyl sites for hydroxylation is 2. The van der Waals surface area contributed by atoms with Crippen LogP contribution in [0.25, 0.3) is 92.0 Å². The first kappa shape index (κ1) is 37.0. The third kappa shape index (κ3) is 5.22. The van der Waals surface area contributed by atoms with E-state index in [2.05, 4.69) is 219 Å². The zero-order valence-electron chi connectivity index (χ0n) is 36.0. The van der Waals surface area contributed by atoms with Gasteiger partial charge in [-0.05, 0) is 111 Å². The second-order valence-corrected chi connectivity index (χ2v) is 18.9. The van der Waals surface area contributed by atoms with E-state index in [4.69, 9.17) is 9.97 Å². The van der Waals surface area contributed by atoms with Gasteiger partial charge >= 0.3 is 0 Å². The molecule has 12 aromatic rings. The fraction of sp³-hybridized carbons (Fsp3) is 0.0847. The van der Waals surface area contributed by atoms with Crippen molar-refractivity contribution in [1.82, 2.24) is 14.5 Å². The fourth-order valence-electron chi connectivity index (χ4n) is 10.9. The third-order valence-electron chi connectivity index (χ3n) is 13.9. The monoisotopic (exact) mass is 838 g/mol. The summed E-state index contributed by atoms with van der Waals surface area (Å²) in [5, 5.41) is 9.67. The first-order valence-electron chi connectivity index (χ1n) is 22.1. The highest BCUT2D eigenvalue weighted by atomic mass is 32.1. The number of benzene rings is 9. The number of hydrogen-bond donors (Lipinski definition) is 0. The Hall–Kier alpha value is -7.60. The van der Waals surface area contributed by atoms with Gasteiger partial charge in [-0.3, -0.25) is 4.57 Å². The molecule has 13 rings (SSSR count). The predicted octanol–water partition coefficient (Wildman–Crippen LogP) is 16.3. The molecule has 0 fully saturated rings. The van der Waals surface area contributed by atoms with E-state index in [1.165, 1.54) is 81.6 Å². The van der Waals surface area contributed by atoms with Crippen LogP contribution in [0.3, 0.4) is 0 Å². The summed E-state index contributed by atoms with van der Waals surface area (Å²) in [6.45, 7) is 9.25. The fourth-order valence-corrected chi connectivity index (χ4v) is 12.0. The molecule has 4 nitrogen and oxygen atoms in total. The van der Waals surface area contributed by atoms with Crippen molar-refractivity contribution >= 4 is 92.1 Å². The number of fused-ring (bicyclic) bond motifs is 11. The van der Waals surface area contributed by atoms with Crippen molar-refractivity contribution in [3.8, 4) is 28.3 Å². The van der Waals surface area contributed by atoms with Gasteiger partial charge in [0, 0.05) is 37.5 Å². The molecule has 0 atom stereocenters. The van der Waals surface area contributed by atoms with Crippen molar-refractivity contribution in [2.45, 2.75) is 33.1 Å². The van der Waals surface area contributed by atoms with Gasteiger partial charge < -0.3 is 4.90 Å². The maximum absolute atomic E-state index is 5.79. The first-order valence-corrected chi connectivity index (χ1v) is 22.9. The molecule has 0 amide bonds. The van der Waals surface area contributed by atoms with Gasteiger partial charge in [0.25, 0.3) is 0 Å². The van der Waals surface area contributed by atoms with Crippen LogP contribution in [0.5, 0.6) is 0 Å². The summed E-state index contributed by atoms with van der Waals surface area (Å²) in [4.78, 5) is 14.7. The highest BCUT2D eigenvalue weighted by Crippen LogP contribution is 2.53. The van der Waals surface area contributed by atoms with Crippen molar-refractivity contribution in [3.63, 3.8) is 0 Å². The zero-order valence-corrected chi connectivity index (χ0v) is 36.8. The van der Waals surface area contributed by atoms with Crippen LogP contribution in [0.1, 0.15) is 36.1 Å². The molecule has 1 aliphatic heterocycles. The summed E-state index contributed by atoms with van der Waals surface area (Å²) in [5.74, 6) is 1.60. The Morgan fingerprint density at radius 2 is 1.19 bits per heavy atom. The van der Waals surface area contributed by atoms with Gasteiger partial charge in [-0.1, -0.05) is 153 Å². The zero-order chi connectivity index (χ0) is 42.8. The van der Waals surface area contributed by atoms with Gasteiger partial charge in [0.15, 0.2) is 11.6 Å². The van der Waals surface area contributed by atoms with Crippen LogP contribution >= 0.6 is 11.3 Å². The second kappa shape index (κ2) is 13.7. The number of nitrogens with zero attached hydrogens (tertiary/aromatic N) is 4. The average Bonchev–Trinajstić information content (AvgIpc) is 3.89. The van der Waals surface area contributed by atoms with E-state index in [0.717, 1.165) is 43.9 Å². The van der Waals surface area contributed by atoms with E-state index in [1.807, 2.05) is 0 Å². The predicted molar refractivity (Wildman–Crippen MR) is 271 cm³/mol. The van der Waals surface area contributed by atoms with Crippen LogP contribution in [0.2, 0.25) is 0 Å². The van der Waals surface area contributed by atoms with Crippen LogP contribution in [0.4, 0.5) is 17.1 Å². The molecule has 0 saturated carbocycles. The SMILES string of the molecule is Cc1cc2ccccc2cc1-c1c(C)c2c(c3ccccc13)c1ccccc1n2-c1nc(-c2ccc3c(c2)N(c2ccccc2)c2ccccc2C3(C)C)nc2sc3ccccc3c12. The molecule has 5 heteroatoms. The molecule has 0 N–H and O–H groups in total. The Kier molecular flexibility index (Phi) is 7.92. The standard InChI is InChI=1S/C59H42N4S/c1-35-32-37-18-8-9-19-38(37)33-45(35)52-36(2)55-53(42-23-11-10-22-41(42)52)43-24-12-15-27-48(43)63(55)57-54-44-25-13-17-29-51(44)64-58(54)61-56(60-57)39-30-31-47-50(34-39)62(40-20-6-5-7-21-40)49-28-16-14-26-46(49)59(47,3)4/h5-34H,1-4H3. The Labute approximate surface area is 375 Å². The van der Waals surface area contributed by atoms with Crippen LogP contribution in [-0.2, 0) is 5.41 Å². The van der Waals surface area contributed by atoms with E-state index >= 15 is 0 Å². The van der Waals surface area contributed by atoms with Crippen molar-refractivity contribution in [2.24, 2.45) is 0 Å². The van der Waals surface area contributed by atoms with Gasteiger partial charge in [-0.25, -0.2) is 9.97 Å². The summed E-state index contributed by atoms with van der Waals surface area (Å²) < 4.78 is 3.66.